The Morgan fingerprint density at radius 2 is 0.861 bits per heavy atom. The number of nitrogens with one attached hydrogen (secondary N) is 2. The Balaban J connectivity index is 1.44. The second kappa shape index (κ2) is 8.92. The van der Waals surface area contributed by atoms with Crippen molar-refractivity contribution in [1.82, 2.24) is 19.9 Å². The summed E-state index contributed by atoms with van der Waals surface area (Å²) in [5, 5.41) is 0. The topological polar surface area (TPSA) is 91.5 Å². The van der Waals surface area contributed by atoms with Crippen molar-refractivity contribution in [2.24, 2.45) is 0 Å². The van der Waals surface area contributed by atoms with Gasteiger partial charge in [0, 0.05) is 11.1 Å². The van der Waals surface area contributed by atoms with Crippen LogP contribution < -0.4 is 0 Å². The molecular formula is C30H20N4O2. The van der Waals surface area contributed by atoms with E-state index in [1.165, 1.54) is 0 Å². The molecule has 0 atom stereocenters. The number of aromatic nitrogens is 4. The minimum absolute atomic E-state index is 0.104. The zero-order valence-corrected chi connectivity index (χ0v) is 19.1. The number of fused-ring (bicyclic) bond motifs is 1. The third-order valence-corrected chi connectivity index (χ3v) is 6.01. The van der Waals surface area contributed by atoms with Gasteiger partial charge in [-0.1, -0.05) is 72.8 Å². The zero-order valence-electron chi connectivity index (χ0n) is 19.1. The van der Waals surface area contributed by atoms with E-state index in [2.05, 4.69) is 9.97 Å². The number of nitrogens with zero attached hydrogens (tertiary/aromatic N) is 2. The molecule has 0 saturated carbocycles. The Bertz CT molecular complexity index is 1590. The van der Waals surface area contributed by atoms with Gasteiger partial charge < -0.3 is 9.97 Å². The summed E-state index contributed by atoms with van der Waals surface area (Å²) in [6, 6.07) is 33.0. The number of rotatable bonds is 6. The molecule has 6 aromatic rings. The average Bonchev–Trinajstić information content (AvgIpc) is 3.63. The summed E-state index contributed by atoms with van der Waals surface area (Å²) in [4.78, 5) is 42.1. The Labute approximate surface area is 206 Å². The third kappa shape index (κ3) is 3.91. The van der Waals surface area contributed by atoms with Crippen molar-refractivity contribution in [3.8, 4) is 22.8 Å². The van der Waals surface area contributed by atoms with Gasteiger partial charge in [-0.2, -0.15) is 0 Å². The quantitative estimate of drug-likeness (QED) is 0.290. The number of benzene rings is 3. The van der Waals surface area contributed by atoms with E-state index < -0.39 is 0 Å². The molecular weight excluding hydrogens is 448 g/mol. The minimum Gasteiger partial charge on any atom is -0.350 e. The fourth-order valence-electron chi connectivity index (χ4n) is 4.20. The maximum Gasteiger partial charge on any atom is 0.209 e. The van der Waals surface area contributed by atoms with E-state index in [1.807, 2.05) is 72.8 Å². The predicted octanol–water partition coefficient (Wildman–Crippen LogP) is 6.08. The lowest BCUT2D eigenvalue weighted by molar-refractivity contribution is 0.102. The molecule has 3 heterocycles. The molecule has 0 radical (unpaired) electrons. The first kappa shape index (κ1) is 21.4. The number of ketones is 2. The van der Waals surface area contributed by atoms with Crippen LogP contribution in [0.5, 0.6) is 0 Å². The van der Waals surface area contributed by atoms with Gasteiger partial charge in [0.05, 0.1) is 33.8 Å². The van der Waals surface area contributed by atoms with Crippen LogP contribution >= 0.6 is 0 Å². The van der Waals surface area contributed by atoms with Crippen LogP contribution in [0.2, 0.25) is 0 Å². The van der Waals surface area contributed by atoms with E-state index in [0.29, 0.717) is 45.3 Å². The molecule has 6 heteroatoms. The standard InChI is InChI=1S/C30H20N4O2/c35-29(19-9-3-1-4-10-19)25-17-15-23(31-25)27-28(34-22-14-8-7-13-21(22)33-27)24-16-18-26(32-24)30(36)20-11-5-2-6-12-20/h1-18,31-32H. The summed E-state index contributed by atoms with van der Waals surface area (Å²) < 4.78 is 0. The highest BCUT2D eigenvalue weighted by Crippen LogP contribution is 2.31. The molecule has 0 aliphatic carbocycles. The molecule has 6 rings (SSSR count). The molecule has 0 saturated heterocycles. The minimum atomic E-state index is -0.104. The highest BCUT2D eigenvalue weighted by atomic mass is 16.1. The third-order valence-electron chi connectivity index (χ3n) is 6.01. The fraction of sp³-hybridized carbons (Fsp3) is 0. The first-order chi connectivity index (χ1) is 17.7. The van der Waals surface area contributed by atoms with Crippen LogP contribution in [0.25, 0.3) is 33.8 Å². The van der Waals surface area contributed by atoms with Gasteiger partial charge in [-0.25, -0.2) is 9.97 Å². The lowest BCUT2D eigenvalue weighted by Gasteiger charge is -2.08. The molecule has 0 spiro atoms. The maximum atomic E-state index is 13.0. The van der Waals surface area contributed by atoms with Gasteiger partial charge in [0.1, 0.15) is 11.4 Å². The van der Waals surface area contributed by atoms with Crippen molar-refractivity contribution >= 4 is 22.6 Å². The molecule has 3 aromatic heterocycles. The van der Waals surface area contributed by atoms with Gasteiger partial charge in [0.15, 0.2) is 0 Å². The highest BCUT2D eigenvalue weighted by molar-refractivity contribution is 6.09. The summed E-state index contributed by atoms with van der Waals surface area (Å²) in [5.74, 6) is -0.208. The summed E-state index contributed by atoms with van der Waals surface area (Å²) in [6.07, 6.45) is 0. The lowest BCUT2D eigenvalue weighted by Crippen LogP contribution is -2.02. The Morgan fingerprint density at radius 1 is 0.472 bits per heavy atom. The van der Waals surface area contributed by atoms with Crippen LogP contribution in [0.3, 0.4) is 0 Å². The molecule has 172 valence electrons. The van der Waals surface area contributed by atoms with Crippen LogP contribution in [0, 0.1) is 0 Å². The van der Waals surface area contributed by atoms with Crippen molar-refractivity contribution in [2.45, 2.75) is 0 Å². The van der Waals surface area contributed by atoms with Crippen molar-refractivity contribution in [3.05, 3.63) is 132 Å². The smallest absolute Gasteiger partial charge is 0.209 e. The number of aromatic amines is 2. The molecule has 0 bridgehead atoms. The number of carbonyl (C=O) groups is 2. The Morgan fingerprint density at radius 3 is 1.28 bits per heavy atom. The summed E-state index contributed by atoms with van der Waals surface area (Å²) in [6.45, 7) is 0. The van der Waals surface area contributed by atoms with Crippen LogP contribution in [0.1, 0.15) is 32.1 Å². The molecule has 0 amide bonds. The van der Waals surface area contributed by atoms with Crippen molar-refractivity contribution in [3.63, 3.8) is 0 Å². The van der Waals surface area contributed by atoms with Gasteiger partial charge >= 0.3 is 0 Å². The molecule has 2 N–H and O–H groups in total. The largest absolute Gasteiger partial charge is 0.350 e. The summed E-state index contributed by atoms with van der Waals surface area (Å²) in [5.41, 5.74) is 6.08. The monoisotopic (exact) mass is 468 g/mol. The summed E-state index contributed by atoms with van der Waals surface area (Å²) >= 11 is 0. The van der Waals surface area contributed by atoms with Crippen molar-refractivity contribution < 1.29 is 9.59 Å². The number of carbonyl (C=O) groups excluding carboxylic acids is 2. The highest BCUT2D eigenvalue weighted by Gasteiger charge is 2.19. The molecule has 3 aromatic carbocycles. The fourth-order valence-corrected chi connectivity index (χ4v) is 4.20. The normalized spacial score (nSPS) is 11.0. The van der Waals surface area contributed by atoms with E-state index in [4.69, 9.17) is 9.97 Å². The van der Waals surface area contributed by atoms with E-state index in [1.54, 1.807) is 36.4 Å². The van der Waals surface area contributed by atoms with Gasteiger partial charge in [-0.05, 0) is 36.4 Å². The lowest BCUT2D eigenvalue weighted by atomic mass is 10.1. The van der Waals surface area contributed by atoms with Crippen LogP contribution in [0.15, 0.2) is 109 Å². The van der Waals surface area contributed by atoms with Gasteiger partial charge in [0.25, 0.3) is 0 Å². The van der Waals surface area contributed by atoms with Crippen molar-refractivity contribution in [1.29, 1.82) is 0 Å². The molecule has 0 unspecified atom stereocenters. The van der Waals surface area contributed by atoms with Crippen LogP contribution in [0.4, 0.5) is 0 Å². The SMILES string of the molecule is O=C(c1ccccc1)c1ccc(-c2nc3ccccc3nc2-c2ccc(C(=O)c3ccccc3)[nH]2)[nH]1. The van der Waals surface area contributed by atoms with E-state index in [0.717, 1.165) is 11.0 Å². The molecule has 0 fully saturated rings. The van der Waals surface area contributed by atoms with Crippen LogP contribution in [-0.2, 0) is 0 Å². The average molecular weight is 469 g/mol. The molecule has 36 heavy (non-hydrogen) atoms. The number of para-hydroxylation sites is 2. The van der Waals surface area contributed by atoms with Crippen molar-refractivity contribution in [2.75, 3.05) is 0 Å². The summed E-state index contributed by atoms with van der Waals surface area (Å²) in [7, 11) is 0. The number of H-pyrrole nitrogens is 2. The van der Waals surface area contributed by atoms with E-state index in [-0.39, 0.29) is 11.6 Å². The molecule has 0 aliphatic heterocycles. The van der Waals surface area contributed by atoms with E-state index >= 15 is 0 Å². The maximum absolute atomic E-state index is 13.0. The predicted molar refractivity (Wildman–Crippen MR) is 139 cm³/mol. The van der Waals surface area contributed by atoms with Gasteiger partial charge in [0.2, 0.25) is 11.6 Å². The second-order valence-electron chi connectivity index (χ2n) is 8.37. The first-order valence-corrected chi connectivity index (χ1v) is 11.5. The number of hydrogen-bond donors (Lipinski definition) is 2. The second-order valence-corrected chi connectivity index (χ2v) is 8.37. The van der Waals surface area contributed by atoms with Gasteiger partial charge in [-0.3, -0.25) is 9.59 Å². The van der Waals surface area contributed by atoms with E-state index in [9.17, 15) is 9.59 Å². The van der Waals surface area contributed by atoms with Crippen LogP contribution in [-0.4, -0.2) is 31.5 Å². The number of hydrogen-bond acceptors (Lipinski definition) is 4. The molecule has 6 nitrogen and oxygen atoms in total. The zero-order chi connectivity index (χ0) is 24.5. The first-order valence-electron chi connectivity index (χ1n) is 11.5. The Kier molecular flexibility index (Phi) is 5.31. The molecule has 0 aliphatic rings. The van der Waals surface area contributed by atoms with Gasteiger partial charge in [-0.15, -0.1) is 0 Å². The Hall–Kier alpha value is -5.10.